The topological polar surface area (TPSA) is 237 Å². The highest BCUT2D eigenvalue weighted by Crippen LogP contribution is 2.42. The van der Waals surface area contributed by atoms with Crippen LogP contribution in [0.1, 0.15) is 39.5 Å². The van der Waals surface area contributed by atoms with Crippen LogP contribution in [0.25, 0.3) is 0 Å². The summed E-state index contributed by atoms with van der Waals surface area (Å²) < 4.78 is 63.1. The number of carboxylic acid groups (broad SMARTS) is 1. The zero-order valence-electron chi connectivity index (χ0n) is 25.0. The molecule has 0 saturated carbocycles. The number of hydrogen-bond acceptors (Lipinski definition) is 12. The Labute approximate surface area is 260 Å². The summed E-state index contributed by atoms with van der Waals surface area (Å²) in [4.78, 5) is 51.6. The number of carbonyl (C=O) groups excluding carboxylic acids is 2. The van der Waals surface area contributed by atoms with E-state index in [9.17, 15) is 42.7 Å². The van der Waals surface area contributed by atoms with Crippen LogP contribution in [0.2, 0.25) is 0 Å². The van der Waals surface area contributed by atoms with Crippen LogP contribution in [0, 0.1) is 0 Å². The van der Waals surface area contributed by atoms with Gasteiger partial charge in [-0.2, -0.15) is 13.8 Å². The van der Waals surface area contributed by atoms with Crippen molar-refractivity contribution in [3.05, 3.63) is 52.6 Å². The van der Waals surface area contributed by atoms with Gasteiger partial charge in [0.25, 0.3) is 0 Å². The smallest absolute Gasteiger partial charge is 0.413 e. The summed E-state index contributed by atoms with van der Waals surface area (Å²) in [6, 6.07) is 4.09. The molecular weight excluding hydrogens is 643 g/mol. The van der Waals surface area contributed by atoms with Crippen LogP contribution in [0.3, 0.4) is 0 Å². The van der Waals surface area contributed by atoms with Gasteiger partial charge in [0.15, 0.2) is 6.10 Å². The Morgan fingerprint density at radius 2 is 1.74 bits per heavy atom. The average molecular weight is 678 g/mol. The lowest BCUT2D eigenvalue weighted by molar-refractivity contribution is -0.149. The highest BCUT2D eigenvalue weighted by Gasteiger charge is 2.59. The van der Waals surface area contributed by atoms with Gasteiger partial charge in [0.2, 0.25) is 6.23 Å². The number of aliphatic hydroxyl groups excluding tert-OH is 2. The van der Waals surface area contributed by atoms with Crippen LogP contribution in [0.4, 0.5) is 19.4 Å². The minimum absolute atomic E-state index is 0.00189. The number of esters is 1. The number of nitrogens with one attached hydrogen (secondary N) is 3. The zero-order chi connectivity index (χ0) is 34.4. The molecule has 1 aromatic carbocycles. The molecule has 1 aromatic heterocycles. The van der Waals surface area contributed by atoms with Crippen LogP contribution in [-0.4, -0.2) is 85.8 Å². The number of carbonyl (C=O) groups is 3. The van der Waals surface area contributed by atoms with Crippen LogP contribution in [0.15, 0.2) is 41.3 Å². The highest BCUT2D eigenvalue weighted by molar-refractivity contribution is 7.55. The van der Waals surface area contributed by atoms with Gasteiger partial charge in [-0.1, -0.05) is 12.1 Å². The lowest BCUT2D eigenvalue weighted by Gasteiger charge is -2.26. The van der Waals surface area contributed by atoms with Gasteiger partial charge in [-0.15, -0.1) is 0 Å². The maximum absolute atomic E-state index is 14.3. The van der Waals surface area contributed by atoms with E-state index in [0.717, 1.165) is 12.3 Å². The number of benzene rings is 1. The fourth-order valence-corrected chi connectivity index (χ4v) is 5.74. The average Bonchev–Trinajstić information content (AvgIpc) is 3.19. The third kappa shape index (κ3) is 9.27. The molecule has 254 valence electrons. The number of amides is 1. The first kappa shape index (κ1) is 36.5. The summed E-state index contributed by atoms with van der Waals surface area (Å²) in [5, 5.41) is 35.0. The molecule has 17 nitrogen and oxygen atoms in total. The normalized spacial score (nSPS) is 21.5. The maximum atomic E-state index is 14.3. The lowest BCUT2D eigenvalue weighted by atomic mass is 10.1. The molecule has 2 aromatic rings. The van der Waals surface area contributed by atoms with Crippen molar-refractivity contribution in [3.8, 4) is 5.75 Å². The summed E-state index contributed by atoms with van der Waals surface area (Å²) in [6.45, 7) is 4.61. The molecule has 3 rings (SSSR count). The van der Waals surface area contributed by atoms with Crippen molar-refractivity contribution in [1.29, 1.82) is 0 Å². The third-order valence-corrected chi connectivity index (χ3v) is 8.12. The van der Waals surface area contributed by atoms with E-state index in [1.165, 1.54) is 38.1 Å². The molecule has 0 bridgehead atoms. The molecule has 6 atom stereocenters. The fraction of sp³-hybridized carbons (Fsp3) is 0.500. The third-order valence-electron chi connectivity index (χ3n) is 6.20. The summed E-state index contributed by atoms with van der Waals surface area (Å²) in [6.07, 6.45) is -6.87. The predicted octanol–water partition coefficient (Wildman–Crippen LogP) is 1.36. The van der Waals surface area contributed by atoms with Crippen LogP contribution >= 0.6 is 7.67 Å². The number of ether oxygens (including phenoxy) is 3. The van der Waals surface area contributed by atoms with E-state index in [2.05, 4.69) is 20.5 Å². The first-order chi connectivity index (χ1) is 21.5. The van der Waals surface area contributed by atoms with Crippen molar-refractivity contribution < 1.29 is 61.8 Å². The molecule has 1 amide bonds. The van der Waals surface area contributed by atoms with Gasteiger partial charge in [-0.25, -0.2) is 24.3 Å². The number of alkyl halides is 2. The largest absolute Gasteiger partial charge is 0.480 e. The maximum Gasteiger partial charge on any atom is 0.413 e. The molecule has 2 heterocycles. The van der Waals surface area contributed by atoms with Gasteiger partial charge in [-0.3, -0.25) is 19.5 Å². The molecule has 1 aliphatic rings. The van der Waals surface area contributed by atoms with Gasteiger partial charge in [0, 0.05) is 6.20 Å². The van der Waals surface area contributed by atoms with Crippen molar-refractivity contribution in [3.63, 3.8) is 0 Å². The Bertz CT molecular complexity index is 1510. The van der Waals surface area contributed by atoms with Crippen molar-refractivity contribution in [2.24, 2.45) is 0 Å². The number of aliphatic carboxylic acids is 1. The quantitative estimate of drug-likeness (QED) is 0.122. The van der Waals surface area contributed by atoms with Gasteiger partial charge < -0.3 is 34.1 Å². The van der Waals surface area contributed by atoms with Crippen molar-refractivity contribution in [1.82, 2.24) is 19.7 Å². The molecule has 0 radical (unpaired) electrons. The predicted molar refractivity (Wildman–Crippen MR) is 153 cm³/mol. The summed E-state index contributed by atoms with van der Waals surface area (Å²) in [5.41, 5.74) is -0.832. The first-order valence-electron chi connectivity index (χ1n) is 13.7. The Morgan fingerprint density at radius 3 is 2.28 bits per heavy atom. The van der Waals surface area contributed by atoms with Crippen LogP contribution in [-0.2, 0) is 35.0 Å². The number of rotatable bonds is 14. The number of anilines is 1. The molecule has 6 N–H and O–H groups in total. The SMILES string of the molecule is CC(C)OC(=O)C(C)NP(=O)(NC(C)C(=O)O)Oc1ccc(COC(=O)Nc2ccn([C@@H]3O[C@H](CO)[C@@H](O)C3(F)F)c(=O)n2)cc1. The van der Waals surface area contributed by atoms with Gasteiger partial charge in [-0.05, 0) is 51.5 Å². The number of aliphatic hydroxyl groups is 2. The van der Waals surface area contributed by atoms with Gasteiger partial charge in [0.1, 0.15) is 36.4 Å². The summed E-state index contributed by atoms with van der Waals surface area (Å²) in [7, 11) is -4.20. The van der Waals surface area contributed by atoms with E-state index < -0.39 is 80.5 Å². The van der Waals surface area contributed by atoms with Crippen LogP contribution in [0.5, 0.6) is 5.75 Å². The standard InChI is InChI=1S/C26H34F2N5O12P/c1-13(2)43-22(38)15(4)32-46(41,31-14(3)21(36)37)45-17-7-5-16(6-8-17)12-42-25(40)30-19-9-10-33(24(39)29-19)23-26(27,28)20(35)18(11-34)44-23/h5-10,13-15,18,20,23,34-35H,11-12H2,1-4H3,(H,36,37)(H2,31,32,41)(H,29,30,39,40)/t14?,15?,18-,20-,23-,46?/m1/s1. The fourth-order valence-electron chi connectivity index (χ4n) is 3.91. The molecule has 1 saturated heterocycles. The Hall–Kier alpha value is -4.00. The Morgan fingerprint density at radius 1 is 1.11 bits per heavy atom. The first-order valence-corrected chi connectivity index (χ1v) is 15.3. The molecule has 3 unspecified atom stereocenters. The molecule has 20 heteroatoms. The van der Waals surface area contributed by atoms with Crippen molar-refractivity contribution >= 4 is 31.5 Å². The van der Waals surface area contributed by atoms with E-state index in [1.807, 2.05) is 0 Å². The number of aromatic nitrogens is 2. The minimum atomic E-state index is -4.20. The second-order valence-corrected chi connectivity index (χ2v) is 12.1. The molecule has 0 spiro atoms. The van der Waals surface area contributed by atoms with Gasteiger partial charge >= 0.3 is 37.3 Å². The molecule has 0 aliphatic carbocycles. The van der Waals surface area contributed by atoms with E-state index in [0.29, 0.717) is 10.1 Å². The van der Waals surface area contributed by atoms with E-state index in [-0.39, 0.29) is 18.2 Å². The van der Waals surface area contributed by atoms with E-state index >= 15 is 0 Å². The second kappa shape index (κ2) is 15.1. The van der Waals surface area contributed by atoms with Gasteiger partial charge in [0.05, 0.1) is 12.7 Å². The Balaban J connectivity index is 1.61. The molecular formula is C26H34F2N5O12P. The molecule has 46 heavy (non-hydrogen) atoms. The summed E-state index contributed by atoms with van der Waals surface area (Å²) in [5.74, 6) is -6.32. The number of carboxylic acids is 1. The number of halogens is 2. The molecule has 1 fully saturated rings. The van der Waals surface area contributed by atoms with Crippen LogP contribution < -0.4 is 25.7 Å². The van der Waals surface area contributed by atoms with E-state index in [4.69, 9.17) is 23.8 Å². The minimum Gasteiger partial charge on any atom is -0.480 e. The summed E-state index contributed by atoms with van der Waals surface area (Å²) >= 11 is 0. The lowest BCUT2D eigenvalue weighted by Crippen LogP contribution is -2.43. The second-order valence-electron chi connectivity index (χ2n) is 10.3. The highest BCUT2D eigenvalue weighted by atomic mass is 31.2. The van der Waals surface area contributed by atoms with Crippen molar-refractivity contribution in [2.45, 2.75) is 76.8 Å². The number of nitrogens with zero attached hydrogens (tertiary/aromatic N) is 2. The zero-order valence-corrected chi connectivity index (χ0v) is 25.9. The molecule has 1 aliphatic heterocycles. The van der Waals surface area contributed by atoms with Crippen molar-refractivity contribution in [2.75, 3.05) is 11.9 Å². The number of hydrogen-bond donors (Lipinski definition) is 6. The Kier molecular flexibility index (Phi) is 11.9. The van der Waals surface area contributed by atoms with E-state index in [1.54, 1.807) is 13.8 Å². The monoisotopic (exact) mass is 677 g/mol.